The summed E-state index contributed by atoms with van der Waals surface area (Å²) in [7, 11) is 0. The average Bonchev–Trinajstić information content (AvgIpc) is 2.41. The third-order valence-electron chi connectivity index (χ3n) is 3.02. The fourth-order valence-electron chi connectivity index (χ4n) is 1.65. The molecule has 0 saturated carbocycles. The Kier molecular flexibility index (Phi) is 6.15. The van der Waals surface area contributed by atoms with Crippen molar-refractivity contribution in [2.75, 3.05) is 6.54 Å². The van der Waals surface area contributed by atoms with Crippen molar-refractivity contribution < 1.29 is 14.0 Å². The van der Waals surface area contributed by atoms with Crippen molar-refractivity contribution in [1.82, 2.24) is 10.6 Å². The summed E-state index contributed by atoms with van der Waals surface area (Å²) in [6, 6.07) is 4.47. The summed E-state index contributed by atoms with van der Waals surface area (Å²) in [6.07, 6.45) is 1.04. The number of nitrogens with one attached hydrogen (secondary N) is 2. The molecule has 0 heterocycles. The van der Waals surface area contributed by atoms with Crippen LogP contribution in [-0.4, -0.2) is 24.4 Å². The van der Waals surface area contributed by atoms with Gasteiger partial charge in [0, 0.05) is 19.0 Å². The van der Waals surface area contributed by atoms with Gasteiger partial charge in [-0.25, -0.2) is 4.39 Å². The maximum Gasteiger partial charge on any atom is 0.254 e. The van der Waals surface area contributed by atoms with Gasteiger partial charge in [0.1, 0.15) is 5.82 Å². The normalized spacial score (nSPS) is 11.8. The molecule has 5 heteroatoms. The molecule has 4 nitrogen and oxygen atoms in total. The Morgan fingerprint density at radius 2 is 2.05 bits per heavy atom. The molecule has 0 aromatic heterocycles. The van der Waals surface area contributed by atoms with Gasteiger partial charge < -0.3 is 10.6 Å². The van der Waals surface area contributed by atoms with Gasteiger partial charge in [-0.1, -0.05) is 18.6 Å². The highest BCUT2D eigenvalue weighted by Gasteiger charge is 2.12. The molecule has 1 rings (SSSR count). The van der Waals surface area contributed by atoms with E-state index in [0.717, 1.165) is 12.0 Å². The quantitative estimate of drug-likeness (QED) is 0.839. The summed E-state index contributed by atoms with van der Waals surface area (Å²) < 4.78 is 13.5. The third-order valence-corrected chi connectivity index (χ3v) is 3.02. The van der Waals surface area contributed by atoms with Gasteiger partial charge in [0.15, 0.2) is 0 Å². The van der Waals surface area contributed by atoms with E-state index >= 15 is 0 Å². The van der Waals surface area contributed by atoms with Crippen LogP contribution in [0, 0.1) is 12.7 Å². The van der Waals surface area contributed by atoms with Gasteiger partial charge in [-0.15, -0.1) is 0 Å². The monoisotopic (exact) mass is 280 g/mol. The van der Waals surface area contributed by atoms with Gasteiger partial charge in [0.2, 0.25) is 5.91 Å². The summed E-state index contributed by atoms with van der Waals surface area (Å²) in [4.78, 5) is 23.3. The molecular weight excluding hydrogens is 259 g/mol. The Labute approximate surface area is 118 Å². The van der Waals surface area contributed by atoms with E-state index in [1.165, 1.54) is 12.1 Å². The number of hydrogen-bond acceptors (Lipinski definition) is 2. The van der Waals surface area contributed by atoms with Crippen molar-refractivity contribution in [3.05, 3.63) is 35.1 Å². The lowest BCUT2D eigenvalue weighted by molar-refractivity contribution is -0.121. The van der Waals surface area contributed by atoms with Crippen LogP contribution in [0.4, 0.5) is 4.39 Å². The van der Waals surface area contributed by atoms with Crippen molar-refractivity contribution in [1.29, 1.82) is 0 Å². The standard InChI is InChI=1S/C15H21FN2O2/c1-4-11(3)18-14(19)7-8-17-15(20)12-9-10(2)5-6-13(12)16/h5-6,9,11H,4,7-8H2,1-3H3,(H,17,20)(H,18,19). The minimum absolute atomic E-state index is 0.00679. The first kappa shape index (κ1) is 16.1. The average molecular weight is 280 g/mol. The molecule has 1 aromatic rings. The zero-order valence-corrected chi connectivity index (χ0v) is 12.1. The third kappa shape index (κ3) is 4.99. The van der Waals surface area contributed by atoms with Crippen LogP contribution < -0.4 is 10.6 Å². The topological polar surface area (TPSA) is 58.2 Å². The van der Waals surface area contributed by atoms with Crippen molar-refractivity contribution in [3.63, 3.8) is 0 Å². The van der Waals surface area contributed by atoms with Crippen LogP contribution in [0.15, 0.2) is 18.2 Å². The van der Waals surface area contributed by atoms with Crippen LogP contribution in [0.1, 0.15) is 42.6 Å². The number of aryl methyl sites for hydroxylation is 1. The Balaban J connectivity index is 2.44. The smallest absolute Gasteiger partial charge is 0.254 e. The fraction of sp³-hybridized carbons (Fsp3) is 0.467. The molecule has 0 fully saturated rings. The molecule has 0 aliphatic carbocycles. The lowest BCUT2D eigenvalue weighted by Crippen LogP contribution is -2.35. The first-order valence-electron chi connectivity index (χ1n) is 6.77. The van der Waals surface area contributed by atoms with E-state index < -0.39 is 11.7 Å². The number of amides is 2. The summed E-state index contributed by atoms with van der Waals surface area (Å²) >= 11 is 0. The molecule has 0 saturated heterocycles. The van der Waals surface area contributed by atoms with E-state index in [0.29, 0.717) is 0 Å². The van der Waals surface area contributed by atoms with Crippen molar-refractivity contribution in [2.45, 2.75) is 39.7 Å². The molecule has 110 valence electrons. The zero-order valence-electron chi connectivity index (χ0n) is 12.1. The van der Waals surface area contributed by atoms with E-state index in [9.17, 15) is 14.0 Å². The maximum absolute atomic E-state index is 13.5. The van der Waals surface area contributed by atoms with Gasteiger partial charge in [0.25, 0.3) is 5.91 Å². The summed E-state index contributed by atoms with van der Waals surface area (Å²) in [5.41, 5.74) is 0.818. The van der Waals surface area contributed by atoms with Crippen LogP contribution in [0.25, 0.3) is 0 Å². The highest BCUT2D eigenvalue weighted by Crippen LogP contribution is 2.09. The number of rotatable bonds is 6. The molecule has 2 amide bonds. The summed E-state index contributed by atoms with van der Waals surface area (Å²) in [5, 5.41) is 5.35. The first-order valence-corrected chi connectivity index (χ1v) is 6.77. The fourth-order valence-corrected chi connectivity index (χ4v) is 1.65. The van der Waals surface area contributed by atoms with Crippen molar-refractivity contribution in [2.24, 2.45) is 0 Å². The summed E-state index contributed by atoms with van der Waals surface area (Å²) in [6.45, 7) is 5.87. The van der Waals surface area contributed by atoms with Crippen molar-refractivity contribution >= 4 is 11.8 Å². The molecule has 0 bridgehead atoms. The highest BCUT2D eigenvalue weighted by molar-refractivity contribution is 5.94. The largest absolute Gasteiger partial charge is 0.354 e. The van der Waals surface area contributed by atoms with Crippen LogP contribution in [0.3, 0.4) is 0 Å². The Morgan fingerprint density at radius 1 is 1.35 bits per heavy atom. The number of carbonyl (C=O) groups is 2. The van der Waals surface area contributed by atoms with Gasteiger partial charge in [0.05, 0.1) is 5.56 Å². The zero-order chi connectivity index (χ0) is 15.1. The molecular formula is C15H21FN2O2. The van der Waals surface area contributed by atoms with E-state index in [1.54, 1.807) is 13.0 Å². The second-order valence-corrected chi connectivity index (χ2v) is 4.87. The second-order valence-electron chi connectivity index (χ2n) is 4.87. The number of benzene rings is 1. The van der Waals surface area contributed by atoms with Crippen molar-refractivity contribution in [3.8, 4) is 0 Å². The lowest BCUT2D eigenvalue weighted by atomic mass is 10.1. The molecule has 1 aromatic carbocycles. The van der Waals surface area contributed by atoms with Gasteiger partial charge >= 0.3 is 0 Å². The van der Waals surface area contributed by atoms with E-state index in [1.807, 2.05) is 13.8 Å². The molecule has 2 N–H and O–H groups in total. The van der Waals surface area contributed by atoms with Crippen LogP contribution in [0.2, 0.25) is 0 Å². The van der Waals surface area contributed by atoms with Gasteiger partial charge in [-0.2, -0.15) is 0 Å². The van der Waals surface area contributed by atoms with Gasteiger partial charge in [-0.3, -0.25) is 9.59 Å². The second kappa shape index (κ2) is 7.62. The van der Waals surface area contributed by atoms with Crippen LogP contribution in [-0.2, 0) is 4.79 Å². The molecule has 1 atom stereocenters. The van der Waals surface area contributed by atoms with E-state index in [-0.39, 0.29) is 30.5 Å². The van der Waals surface area contributed by atoms with E-state index in [2.05, 4.69) is 10.6 Å². The predicted octanol–water partition coefficient (Wildman–Crippen LogP) is 2.17. The number of carbonyl (C=O) groups excluding carboxylic acids is 2. The lowest BCUT2D eigenvalue weighted by Gasteiger charge is -2.11. The Hall–Kier alpha value is -1.91. The minimum atomic E-state index is -0.558. The SMILES string of the molecule is CCC(C)NC(=O)CCNC(=O)c1cc(C)ccc1F. The molecule has 0 spiro atoms. The highest BCUT2D eigenvalue weighted by atomic mass is 19.1. The predicted molar refractivity (Wildman–Crippen MR) is 76.0 cm³/mol. The van der Waals surface area contributed by atoms with Crippen LogP contribution in [0.5, 0.6) is 0 Å². The maximum atomic E-state index is 13.5. The molecule has 1 unspecified atom stereocenters. The Bertz CT molecular complexity index is 489. The molecule has 20 heavy (non-hydrogen) atoms. The number of hydrogen-bond donors (Lipinski definition) is 2. The first-order chi connectivity index (χ1) is 9.43. The number of halogens is 1. The minimum Gasteiger partial charge on any atom is -0.354 e. The van der Waals surface area contributed by atoms with Crippen LogP contribution >= 0.6 is 0 Å². The molecule has 0 radical (unpaired) electrons. The van der Waals surface area contributed by atoms with E-state index in [4.69, 9.17) is 0 Å². The van der Waals surface area contributed by atoms with Gasteiger partial charge in [-0.05, 0) is 32.4 Å². The molecule has 0 aliphatic heterocycles. The Morgan fingerprint density at radius 3 is 2.70 bits per heavy atom. The molecule has 0 aliphatic rings. The summed E-state index contributed by atoms with van der Waals surface area (Å²) in [5.74, 6) is -1.18.